The molecule has 2 heterocycles. The number of aromatic amines is 1. The van der Waals surface area contributed by atoms with E-state index in [1.807, 2.05) is 12.1 Å². The molecule has 8 nitrogen and oxygen atoms in total. The summed E-state index contributed by atoms with van der Waals surface area (Å²) in [5.74, 6) is 0.273. The maximum absolute atomic E-state index is 9.16. The Morgan fingerprint density at radius 2 is 1.96 bits per heavy atom. The molecule has 130 valence electrons. The molecule has 1 fully saturated rings. The average Bonchev–Trinajstić information content (AvgIpc) is 3.17. The third kappa shape index (κ3) is 4.14. The first-order chi connectivity index (χ1) is 12.2. The molecule has 1 aliphatic heterocycles. The standard InChI is InChI=1S/C17H22N8/c1-13(2)24-7-9-25(10-8-24)16-5-3-15(4-6-16)19-12-14(11-18)17-20-22-23-21-17/h3-6,12-13,19H,7-10H2,1-2H3,(H,20,21,22,23). The molecule has 0 unspecified atom stereocenters. The summed E-state index contributed by atoms with van der Waals surface area (Å²) in [7, 11) is 0. The highest BCUT2D eigenvalue weighted by Crippen LogP contribution is 2.20. The van der Waals surface area contributed by atoms with Gasteiger partial charge >= 0.3 is 0 Å². The molecule has 2 N–H and O–H groups in total. The molecule has 0 bridgehead atoms. The molecule has 1 aromatic carbocycles. The highest BCUT2D eigenvalue weighted by atomic mass is 15.5. The monoisotopic (exact) mass is 338 g/mol. The van der Waals surface area contributed by atoms with E-state index in [0.717, 1.165) is 31.9 Å². The Kier molecular flexibility index (Phi) is 5.26. The third-order valence-corrected chi connectivity index (χ3v) is 4.37. The average molecular weight is 338 g/mol. The van der Waals surface area contributed by atoms with Gasteiger partial charge in [0, 0.05) is 49.8 Å². The van der Waals surface area contributed by atoms with Crippen molar-refractivity contribution in [2.24, 2.45) is 0 Å². The van der Waals surface area contributed by atoms with Crippen molar-refractivity contribution < 1.29 is 0 Å². The van der Waals surface area contributed by atoms with E-state index < -0.39 is 0 Å². The molecule has 0 saturated carbocycles. The summed E-state index contributed by atoms with van der Waals surface area (Å²) in [6, 6.07) is 10.9. The summed E-state index contributed by atoms with van der Waals surface area (Å²) < 4.78 is 0. The number of benzene rings is 1. The van der Waals surface area contributed by atoms with Crippen LogP contribution in [0.5, 0.6) is 0 Å². The topological polar surface area (TPSA) is 96.8 Å². The van der Waals surface area contributed by atoms with Crippen LogP contribution >= 0.6 is 0 Å². The minimum Gasteiger partial charge on any atom is -0.369 e. The van der Waals surface area contributed by atoms with Crippen LogP contribution in [0.3, 0.4) is 0 Å². The van der Waals surface area contributed by atoms with Crippen molar-refractivity contribution >= 4 is 16.9 Å². The number of nitriles is 1. The molecule has 8 heteroatoms. The second kappa shape index (κ2) is 7.77. The zero-order valence-electron chi connectivity index (χ0n) is 14.5. The molecule has 1 saturated heterocycles. The first-order valence-corrected chi connectivity index (χ1v) is 8.37. The van der Waals surface area contributed by atoms with Gasteiger partial charge in [-0.05, 0) is 43.3 Å². The smallest absolute Gasteiger partial charge is 0.216 e. The number of hydrogen-bond donors (Lipinski definition) is 2. The molecule has 0 radical (unpaired) electrons. The van der Waals surface area contributed by atoms with Gasteiger partial charge in [0.2, 0.25) is 5.82 Å². The van der Waals surface area contributed by atoms with Crippen molar-refractivity contribution in [1.29, 1.82) is 5.26 Å². The Hall–Kier alpha value is -2.92. The summed E-state index contributed by atoms with van der Waals surface area (Å²) in [4.78, 5) is 4.90. The van der Waals surface area contributed by atoms with Crippen LogP contribution in [0.25, 0.3) is 5.57 Å². The van der Waals surface area contributed by atoms with Crippen molar-refractivity contribution in [3.05, 3.63) is 36.3 Å². The highest BCUT2D eigenvalue weighted by molar-refractivity contribution is 5.74. The van der Waals surface area contributed by atoms with Crippen LogP contribution in [0.15, 0.2) is 30.5 Å². The highest BCUT2D eigenvalue weighted by Gasteiger charge is 2.18. The summed E-state index contributed by atoms with van der Waals surface area (Å²) >= 11 is 0. The second-order valence-corrected chi connectivity index (χ2v) is 6.21. The van der Waals surface area contributed by atoms with Gasteiger partial charge in [-0.2, -0.15) is 10.5 Å². The van der Waals surface area contributed by atoms with E-state index in [4.69, 9.17) is 5.26 Å². The lowest BCUT2D eigenvalue weighted by atomic mass is 10.2. The van der Waals surface area contributed by atoms with Gasteiger partial charge in [-0.3, -0.25) is 4.90 Å². The number of tetrazole rings is 1. The van der Waals surface area contributed by atoms with Crippen LogP contribution in [0.1, 0.15) is 19.7 Å². The lowest BCUT2D eigenvalue weighted by molar-refractivity contribution is 0.209. The van der Waals surface area contributed by atoms with Crippen molar-refractivity contribution in [2.75, 3.05) is 36.4 Å². The van der Waals surface area contributed by atoms with E-state index in [1.165, 1.54) is 5.69 Å². The molecule has 0 atom stereocenters. The number of piperazine rings is 1. The van der Waals surface area contributed by atoms with Gasteiger partial charge in [0.15, 0.2) is 0 Å². The van der Waals surface area contributed by atoms with Gasteiger partial charge in [0.05, 0.1) is 0 Å². The maximum Gasteiger partial charge on any atom is 0.216 e. The van der Waals surface area contributed by atoms with Gasteiger partial charge in [-0.1, -0.05) is 0 Å². The van der Waals surface area contributed by atoms with Crippen molar-refractivity contribution in [2.45, 2.75) is 19.9 Å². The number of nitrogens with zero attached hydrogens (tertiary/aromatic N) is 6. The number of nitrogens with one attached hydrogen (secondary N) is 2. The molecule has 1 aromatic heterocycles. The fraction of sp³-hybridized carbons (Fsp3) is 0.412. The van der Waals surface area contributed by atoms with E-state index >= 15 is 0 Å². The summed E-state index contributed by atoms with van der Waals surface area (Å²) in [6.45, 7) is 8.76. The Bertz CT molecular complexity index is 734. The number of rotatable bonds is 5. The summed E-state index contributed by atoms with van der Waals surface area (Å²) in [5, 5.41) is 25.7. The predicted octanol–water partition coefficient (Wildman–Crippen LogP) is 1.71. The summed E-state index contributed by atoms with van der Waals surface area (Å²) in [6.07, 6.45) is 1.58. The Balaban J connectivity index is 1.60. The number of H-pyrrole nitrogens is 1. The Labute approximate surface area is 147 Å². The largest absolute Gasteiger partial charge is 0.369 e. The molecular formula is C17H22N8. The minimum absolute atomic E-state index is 0.273. The lowest BCUT2D eigenvalue weighted by Crippen LogP contribution is -2.48. The van der Waals surface area contributed by atoms with Gasteiger partial charge < -0.3 is 10.2 Å². The van der Waals surface area contributed by atoms with Crippen LogP contribution in [-0.2, 0) is 0 Å². The third-order valence-electron chi connectivity index (χ3n) is 4.37. The van der Waals surface area contributed by atoms with Crippen molar-refractivity contribution in [3.63, 3.8) is 0 Å². The van der Waals surface area contributed by atoms with E-state index in [-0.39, 0.29) is 5.82 Å². The first kappa shape index (κ1) is 16.9. The Morgan fingerprint density at radius 1 is 1.24 bits per heavy atom. The molecule has 0 spiro atoms. The van der Waals surface area contributed by atoms with Crippen LogP contribution in [0.2, 0.25) is 0 Å². The van der Waals surface area contributed by atoms with Crippen LogP contribution in [0.4, 0.5) is 11.4 Å². The van der Waals surface area contributed by atoms with Gasteiger partial charge in [-0.25, -0.2) is 0 Å². The van der Waals surface area contributed by atoms with Crippen LogP contribution in [-0.4, -0.2) is 57.7 Å². The maximum atomic E-state index is 9.16. The lowest BCUT2D eigenvalue weighted by Gasteiger charge is -2.38. The minimum atomic E-state index is 0.273. The van der Waals surface area contributed by atoms with Gasteiger partial charge in [0.25, 0.3) is 0 Å². The molecular weight excluding hydrogens is 316 g/mol. The fourth-order valence-electron chi connectivity index (χ4n) is 2.84. The predicted molar refractivity (Wildman–Crippen MR) is 96.8 cm³/mol. The van der Waals surface area contributed by atoms with Gasteiger partial charge in [-0.15, -0.1) is 10.2 Å². The molecule has 0 amide bonds. The van der Waals surface area contributed by atoms with E-state index in [9.17, 15) is 0 Å². The van der Waals surface area contributed by atoms with Gasteiger partial charge in [0.1, 0.15) is 11.6 Å². The first-order valence-electron chi connectivity index (χ1n) is 8.37. The fourth-order valence-corrected chi connectivity index (χ4v) is 2.84. The quantitative estimate of drug-likeness (QED) is 0.801. The van der Waals surface area contributed by atoms with Crippen molar-refractivity contribution in [1.82, 2.24) is 25.5 Å². The molecule has 25 heavy (non-hydrogen) atoms. The van der Waals surface area contributed by atoms with E-state index in [0.29, 0.717) is 11.6 Å². The number of allylic oxidation sites excluding steroid dienone is 1. The van der Waals surface area contributed by atoms with Crippen LogP contribution < -0.4 is 10.2 Å². The molecule has 3 rings (SSSR count). The van der Waals surface area contributed by atoms with E-state index in [2.05, 4.69) is 67.8 Å². The molecule has 1 aliphatic rings. The SMILES string of the molecule is CC(C)N1CCN(c2ccc(NC=C(C#N)c3nn[nH]n3)cc2)CC1. The normalized spacial score (nSPS) is 16.1. The number of anilines is 2. The Morgan fingerprint density at radius 3 is 2.52 bits per heavy atom. The number of hydrogen-bond acceptors (Lipinski definition) is 7. The number of aromatic nitrogens is 4. The summed E-state index contributed by atoms with van der Waals surface area (Å²) in [5.41, 5.74) is 2.44. The zero-order chi connectivity index (χ0) is 17.6. The second-order valence-electron chi connectivity index (χ2n) is 6.21. The van der Waals surface area contributed by atoms with Crippen LogP contribution in [0, 0.1) is 11.3 Å². The zero-order valence-corrected chi connectivity index (χ0v) is 14.5. The molecule has 2 aromatic rings. The van der Waals surface area contributed by atoms with Crippen molar-refractivity contribution in [3.8, 4) is 6.07 Å². The molecule has 0 aliphatic carbocycles. The van der Waals surface area contributed by atoms with E-state index in [1.54, 1.807) is 6.20 Å².